The molecule has 1 unspecified atom stereocenters. The minimum absolute atomic E-state index is 0.376. The third kappa shape index (κ3) is 2.97. The molecule has 0 aromatic heterocycles. The van der Waals surface area contributed by atoms with Crippen molar-refractivity contribution in [3.63, 3.8) is 0 Å². The molecule has 2 fully saturated rings. The molecule has 0 radical (unpaired) electrons. The van der Waals surface area contributed by atoms with Gasteiger partial charge in [0.2, 0.25) is 0 Å². The van der Waals surface area contributed by atoms with Crippen molar-refractivity contribution in [2.75, 3.05) is 19.6 Å². The summed E-state index contributed by atoms with van der Waals surface area (Å²) in [7, 11) is 0. The zero-order valence-corrected chi connectivity index (χ0v) is 10.5. The Labute approximate surface area is 98.9 Å². The molecular weight excluding hydrogens is 198 g/mol. The highest BCUT2D eigenvalue weighted by Crippen LogP contribution is 2.49. The Morgan fingerprint density at radius 2 is 2.25 bits per heavy atom. The molecule has 3 N–H and O–H groups in total. The molecule has 1 heterocycles. The van der Waals surface area contributed by atoms with Crippen LogP contribution in [0.3, 0.4) is 0 Å². The molecule has 0 amide bonds. The molecule has 0 bridgehead atoms. The molecule has 1 saturated carbocycles. The van der Waals surface area contributed by atoms with Gasteiger partial charge in [0.15, 0.2) is 0 Å². The second-order valence-electron chi connectivity index (χ2n) is 5.85. The van der Waals surface area contributed by atoms with Crippen molar-refractivity contribution in [3.05, 3.63) is 0 Å². The molecule has 3 heteroatoms. The van der Waals surface area contributed by atoms with Crippen LogP contribution in [0.1, 0.15) is 45.4 Å². The van der Waals surface area contributed by atoms with Crippen molar-refractivity contribution >= 4 is 5.84 Å². The quantitative estimate of drug-likeness (QED) is 0.554. The minimum atomic E-state index is 0.376. The van der Waals surface area contributed by atoms with E-state index in [2.05, 4.69) is 11.8 Å². The smallest absolute Gasteiger partial charge is 0.0911 e. The van der Waals surface area contributed by atoms with Crippen LogP contribution in [-0.4, -0.2) is 30.4 Å². The number of amidine groups is 1. The van der Waals surface area contributed by atoms with Crippen molar-refractivity contribution in [1.82, 2.24) is 4.90 Å². The summed E-state index contributed by atoms with van der Waals surface area (Å²) < 4.78 is 0. The van der Waals surface area contributed by atoms with E-state index < -0.39 is 0 Å². The van der Waals surface area contributed by atoms with Gasteiger partial charge in [-0.3, -0.25) is 5.41 Å². The van der Waals surface area contributed by atoms with Crippen LogP contribution in [0.25, 0.3) is 0 Å². The first kappa shape index (κ1) is 11.9. The molecule has 1 aliphatic carbocycles. The molecule has 2 aliphatic rings. The third-order valence-electron chi connectivity index (χ3n) is 4.26. The number of rotatable bonds is 5. The Morgan fingerprint density at radius 1 is 1.50 bits per heavy atom. The molecular formula is C13H25N3. The Bertz CT molecular complexity index is 258. The van der Waals surface area contributed by atoms with Crippen LogP contribution in [0.5, 0.6) is 0 Å². The van der Waals surface area contributed by atoms with E-state index in [1.54, 1.807) is 0 Å². The number of nitrogens with one attached hydrogen (secondary N) is 1. The lowest BCUT2D eigenvalue weighted by atomic mass is 9.93. The van der Waals surface area contributed by atoms with Gasteiger partial charge in [0.25, 0.3) is 0 Å². The largest absolute Gasteiger partial charge is 0.388 e. The van der Waals surface area contributed by atoms with Crippen LogP contribution >= 0.6 is 0 Å². The molecule has 16 heavy (non-hydrogen) atoms. The monoisotopic (exact) mass is 223 g/mol. The van der Waals surface area contributed by atoms with Crippen LogP contribution in [0.4, 0.5) is 0 Å². The van der Waals surface area contributed by atoms with E-state index in [1.807, 2.05) is 0 Å². The van der Waals surface area contributed by atoms with E-state index in [9.17, 15) is 0 Å². The van der Waals surface area contributed by atoms with Crippen molar-refractivity contribution in [3.8, 4) is 0 Å². The first-order valence-corrected chi connectivity index (χ1v) is 6.69. The van der Waals surface area contributed by atoms with Gasteiger partial charge >= 0.3 is 0 Å². The zero-order chi connectivity index (χ0) is 11.6. The van der Waals surface area contributed by atoms with E-state index in [-0.39, 0.29) is 0 Å². The van der Waals surface area contributed by atoms with Crippen LogP contribution < -0.4 is 5.73 Å². The van der Waals surface area contributed by atoms with Gasteiger partial charge in [-0.1, -0.05) is 13.3 Å². The van der Waals surface area contributed by atoms with Crippen molar-refractivity contribution in [1.29, 1.82) is 5.41 Å². The summed E-state index contributed by atoms with van der Waals surface area (Å²) in [4.78, 5) is 2.62. The Morgan fingerprint density at radius 3 is 2.81 bits per heavy atom. The summed E-state index contributed by atoms with van der Waals surface area (Å²) in [5.74, 6) is 1.28. The van der Waals surface area contributed by atoms with Crippen LogP contribution in [-0.2, 0) is 0 Å². The van der Waals surface area contributed by atoms with Crippen molar-refractivity contribution in [2.45, 2.75) is 45.4 Å². The first-order valence-electron chi connectivity index (χ1n) is 6.69. The number of hydrogen-bond donors (Lipinski definition) is 2. The lowest BCUT2D eigenvalue weighted by molar-refractivity contribution is 0.143. The van der Waals surface area contributed by atoms with Gasteiger partial charge in [-0.05, 0) is 43.6 Å². The second kappa shape index (κ2) is 4.74. The molecule has 1 aliphatic heterocycles. The van der Waals surface area contributed by atoms with E-state index >= 15 is 0 Å². The fourth-order valence-electron chi connectivity index (χ4n) is 3.07. The fraction of sp³-hybridized carbons (Fsp3) is 0.923. The van der Waals surface area contributed by atoms with E-state index in [0.717, 1.165) is 12.3 Å². The summed E-state index contributed by atoms with van der Waals surface area (Å²) >= 11 is 0. The maximum absolute atomic E-state index is 7.44. The van der Waals surface area contributed by atoms with Gasteiger partial charge < -0.3 is 10.6 Å². The maximum Gasteiger partial charge on any atom is 0.0911 e. The van der Waals surface area contributed by atoms with E-state index in [4.69, 9.17) is 11.1 Å². The van der Waals surface area contributed by atoms with Crippen LogP contribution in [0.2, 0.25) is 0 Å². The number of likely N-dealkylation sites (tertiary alicyclic amines) is 1. The Kier molecular flexibility index (Phi) is 3.53. The van der Waals surface area contributed by atoms with Crippen molar-refractivity contribution < 1.29 is 0 Å². The van der Waals surface area contributed by atoms with Gasteiger partial charge in [-0.15, -0.1) is 0 Å². The van der Waals surface area contributed by atoms with E-state index in [1.165, 1.54) is 51.7 Å². The molecule has 0 aromatic rings. The number of nitrogens with zero attached hydrogens (tertiary/aromatic N) is 1. The minimum Gasteiger partial charge on any atom is -0.388 e. The number of piperidine rings is 1. The lowest BCUT2D eigenvalue weighted by Crippen LogP contribution is -2.39. The molecule has 92 valence electrons. The zero-order valence-electron chi connectivity index (χ0n) is 10.5. The lowest BCUT2D eigenvalue weighted by Gasteiger charge is -2.34. The third-order valence-corrected chi connectivity index (χ3v) is 4.26. The Hall–Kier alpha value is -0.570. The summed E-state index contributed by atoms with van der Waals surface area (Å²) in [5, 5.41) is 7.44. The Balaban J connectivity index is 1.82. The number of hydrogen-bond acceptors (Lipinski definition) is 2. The summed E-state index contributed by atoms with van der Waals surface area (Å²) in [6, 6.07) is 0. The van der Waals surface area contributed by atoms with Gasteiger partial charge in [0, 0.05) is 19.5 Å². The average Bonchev–Trinajstić information content (AvgIpc) is 2.97. The van der Waals surface area contributed by atoms with Crippen LogP contribution in [0, 0.1) is 16.7 Å². The fourth-order valence-corrected chi connectivity index (χ4v) is 3.07. The highest BCUT2D eigenvalue weighted by Gasteiger charge is 2.44. The molecule has 3 nitrogen and oxygen atoms in total. The molecule has 1 atom stereocenters. The average molecular weight is 223 g/mol. The number of nitrogens with two attached hydrogens (primary N) is 1. The van der Waals surface area contributed by atoms with Gasteiger partial charge in [-0.2, -0.15) is 0 Å². The second-order valence-corrected chi connectivity index (χ2v) is 5.85. The molecule has 0 aromatic carbocycles. The molecule has 0 spiro atoms. The van der Waals surface area contributed by atoms with Gasteiger partial charge in [-0.25, -0.2) is 0 Å². The van der Waals surface area contributed by atoms with E-state index in [0.29, 0.717) is 11.3 Å². The van der Waals surface area contributed by atoms with Crippen LogP contribution in [0.15, 0.2) is 0 Å². The topological polar surface area (TPSA) is 53.1 Å². The summed E-state index contributed by atoms with van der Waals surface area (Å²) in [6.07, 6.45) is 7.46. The van der Waals surface area contributed by atoms with Crippen molar-refractivity contribution in [2.24, 2.45) is 17.1 Å². The standard InChI is InChI=1S/C13H25N3/c1-2-11-4-3-7-16(9-11)10-13(5-6-13)8-12(14)15/h11H,2-10H2,1H3,(H3,14,15). The van der Waals surface area contributed by atoms with Gasteiger partial charge in [0.05, 0.1) is 5.84 Å². The van der Waals surface area contributed by atoms with Gasteiger partial charge in [0.1, 0.15) is 0 Å². The summed E-state index contributed by atoms with van der Waals surface area (Å²) in [5.41, 5.74) is 5.93. The molecule has 1 saturated heterocycles. The highest BCUT2D eigenvalue weighted by atomic mass is 15.1. The normalized spacial score (nSPS) is 28.9. The highest BCUT2D eigenvalue weighted by molar-refractivity contribution is 5.78. The first-order chi connectivity index (χ1) is 7.63. The maximum atomic E-state index is 7.44. The summed E-state index contributed by atoms with van der Waals surface area (Å²) in [6.45, 7) is 6.02. The predicted molar refractivity (Wildman–Crippen MR) is 67.7 cm³/mol. The predicted octanol–water partition coefficient (Wildman–Crippen LogP) is 2.21. The molecule has 2 rings (SSSR count). The SMILES string of the molecule is CCC1CCCN(CC2(CC(=N)N)CC2)C1.